The number of nitro groups is 1. The number of hydrogen-bond acceptors (Lipinski definition) is 5. The molecule has 1 atom stereocenters. The minimum atomic E-state index is -0.683. The van der Waals surface area contributed by atoms with Crippen LogP contribution in [0.4, 0.5) is 10.7 Å². The maximum absolute atomic E-state index is 11.2. The van der Waals surface area contributed by atoms with Gasteiger partial charge in [0.2, 0.25) is 0 Å². The molecule has 20 heavy (non-hydrogen) atoms. The molecule has 1 aromatic carbocycles. The lowest BCUT2D eigenvalue weighted by Gasteiger charge is -2.14. The van der Waals surface area contributed by atoms with Crippen LogP contribution < -0.4 is 4.90 Å². The summed E-state index contributed by atoms with van der Waals surface area (Å²) in [6.45, 7) is 2.98. The zero-order chi connectivity index (χ0) is 14.3. The van der Waals surface area contributed by atoms with Gasteiger partial charge in [0.05, 0.1) is 11.0 Å². The topological polar surface area (TPSA) is 66.6 Å². The Morgan fingerprint density at radius 1 is 1.35 bits per heavy atom. The number of hydrogen-bond donors (Lipinski definition) is 1. The van der Waals surface area contributed by atoms with Crippen molar-refractivity contribution in [1.82, 2.24) is 0 Å². The first-order valence-corrected chi connectivity index (χ1v) is 7.16. The summed E-state index contributed by atoms with van der Waals surface area (Å²) in [5.74, 6) is 0. The molecule has 0 bridgehead atoms. The molecule has 6 heteroatoms. The van der Waals surface area contributed by atoms with Crippen molar-refractivity contribution in [3.05, 3.63) is 56.5 Å². The Bertz CT molecular complexity index is 641. The molecule has 1 aromatic heterocycles. The van der Waals surface area contributed by atoms with Crippen molar-refractivity contribution in [2.24, 2.45) is 0 Å². The van der Waals surface area contributed by atoms with Crippen LogP contribution in [0.3, 0.4) is 0 Å². The number of rotatable bonds is 3. The lowest BCUT2D eigenvalue weighted by molar-refractivity contribution is -0.383. The molecule has 2 aromatic rings. The lowest BCUT2D eigenvalue weighted by atomic mass is 10.1. The van der Waals surface area contributed by atoms with E-state index in [1.165, 1.54) is 28.5 Å². The second-order valence-electron chi connectivity index (χ2n) is 4.90. The zero-order valence-electron chi connectivity index (χ0n) is 10.9. The third kappa shape index (κ3) is 2.17. The fourth-order valence-corrected chi connectivity index (χ4v) is 3.49. The molecule has 0 saturated carbocycles. The van der Waals surface area contributed by atoms with Gasteiger partial charge in [-0.05, 0) is 18.1 Å². The summed E-state index contributed by atoms with van der Waals surface area (Å²) in [7, 11) is 0. The van der Waals surface area contributed by atoms with Crippen LogP contribution in [0.1, 0.15) is 29.0 Å². The average molecular weight is 290 g/mol. The van der Waals surface area contributed by atoms with E-state index in [1.807, 2.05) is 29.2 Å². The highest BCUT2D eigenvalue weighted by atomic mass is 32.1. The van der Waals surface area contributed by atoms with E-state index in [1.54, 1.807) is 6.92 Å². The highest BCUT2D eigenvalue weighted by Crippen LogP contribution is 2.43. The smallest absolute Gasteiger partial charge is 0.304 e. The monoisotopic (exact) mass is 290 g/mol. The summed E-state index contributed by atoms with van der Waals surface area (Å²) in [5, 5.41) is 21.4. The third-order valence-electron chi connectivity index (χ3n) is 3.45. The van der Waals surface area contributed by atoms with Crippen molar-refractivity contribution < 1.29 is 10.0 Å². The Hall–Kier alpha value is -1.92. The second kappa shape index (κ2) is 4.88. The van der Waals surface area contributed by atoms with E-state index in [0.29, 0.717) is 23.0 Å². The van der Waals surface area contributed by atoms with Gasteiger partial charge in [0.25, 0.3) is 0 Å². The van der Waals surface area contributed by atoms with Gasteiger partial charge in [-0.3, -0.25) is 10.1 Å². The fraction of sp³-hybridized carbons (Fsp3) is 0.286. The second-order valence-corrected chi connectivity index (χ2v) is 5.96. The summed E-state index contributed by atoms with van der Waals surface area (Å²) in [6.07, 6.45) is -0.683. The number of benzene rings is 1. The maximum Gasteiger partial charge on any atom is 0.304 e. The van der Waals surface area contributed by atoms with Crippen LogP contribution >= 0.6 is 11.3 Å². The van der Waals surface area contributed by atoms with Gasteiger partial charge in [0.15, 0.2) is 5.00 Å². The van der Waals surface area contributed by atoms with Gasteiger partial charge in [-0.2, -0.15) is 0 Å². The molecule has 1 aliphatic rings. The van der Waals surface area contributed by atoms with Crippen LogP contribution in [0.15, 0.2) is 30.3 Å². The van der Waals surface area contributed by atoms with E-state index in [-0.39, 0.29) is 10.6 Å². The molecule has 104 valence electrons. The highest BCUT2D eigenvalue weighted by molar-refractivity contribution is 7.16. The summed E-state index contributed by atoms with van der Waals surface area (Å²) in [4.78, 5) is 13.4. The number of aliphatic hydroxyl groups is 1. The van der Waals surface area contributed by atoms with Gasteiger partial charge in [0.1, 0.15) is 0 Å². The van der Waals surface area contributed by atoms with Crippen molar-refractivity contribution in [2.75, 3.05) is 4.90 Å². The first kappa shape index (κ1) is 13.1. The maximum atomic E-state index is 11.2. The summed E-state index contributed by atoms with van der Waals surface area (Å²) in [5.41, 5.74) is 2.49. The predicted octanol–water partition coefficient (Wildman–Crippen LogP) is 3.23. The normalized spacial score (nSPS) is 15.2. The molecule has 1 N–H and O–H groups in total. The Morgan fingerprint density at radius 3 is 2.45 bits per heavy atom. The minimum absolute atomic E-state index is 0.0821. The first-order valence-electron chi connectivity index (χ1n) is 6.34. The molecule has 0 fully saturated rings. The van der Waals surface area contributed by atoms with Crippen molar-refractivity contribution in [3.8, 4) is 0 Å². The Balaban J connectivity index is 1.97. The molecule has 0 aliphatic carbocycles. The molecule has 0 radical (unpaired) electrons. The molecule has 1 aliphatic heterocycles. The SMILES string of the molecule is C[C@H](O)c1cc([N+](=O)[O-])c(N2Cc3ccccc3C2)s1. The fourth-order valence-electron chi connectivity index (χ4n) is 2.43. The summed E-state index contributed by atoms with van der Waals surface area (Å²) in [6, 6.07) is 9.53. The standard InChI is InChI=1S/C14H14N2O3S/c1-9(17)13-6-12(16(18)19)14(20-13)15-7-10-4-2-3-5-11(10)8-15/h2-6,9,17H,7-8H2,1H3/t9-/m0/s1. The average Bonchev–Trinajstić information content (AvgIpc) is 3.02. The van der Waals surface area contributed by atoms with Crippen molar-refractivity contribution in [3.63, 3.8) is 0 Å². The van der Waals surface area contributed by atoms with Crippen LogP contribution in [-0.2, 0) is 13.1 Å². The molecule has 5 nitrogen and oxygen atoms in total. The highest BCUT2D eigenvalue weighted by Gasteiger charge is 2.29. The summed E-state index contributed by atoms with van der Waals surface area (Å²) >= 11 is 1.30. The quantitative estimate of drug-likeness (QED) is 0.696. The van der Waals surface area contributed by atoms with Gasteiger partial charge in [-0.15, -0.1) is 11.3 Å². The van der Waals surface area contributed by atoms with Gasteiger partial charge >= 0.3 is 5.69 Å². The van der Waals surface area contributed by atoms with E-state index in [4.69, 9.17) is 0 Å². The van der Waals surface area contributed by atoms with Crippen molar-refractivity contribution in [2.45, 2.75) is 26.1 Å². The molecule has 0 saturated heterocycles. The molecule has 0 spiro atoms. The Kier molecular flexibility index (Phi) is 3.19. The zero-order valence-corrected chi connectivity index (χ0v) is 11.8. The largest absolute Gasteiger partial charge is 0.388 e. The van der Waals surface area contributed by atoms with Crippen LogP contribution in [-0.4, -0.2) is 10.0 Å². The van der Waals surface area contributed by atoms with Crippen LogP contribution in [0, 0.1) is 10.1 Å². The first-order chi connectivity index (χ1) is 9.56. The molecule has 0 amide bonds. The van der Waals surface area contributed by atoms with E-state index < -0.39 is 6.10 Å². The van der Waals surface area contributed by atoms with Crippen LogP contribution in [0.2, 0.25) is 0 Å². The third-order valence-corrected chi connectivity index (χ3v) is 4.80. The Labute approximate surface area is 120 Å². The number of fused-ring (bicyclic) bond motifs is 1. The number of nitrogens with zero attached hydrogens (tertiary/aromatic N) is 2. The summed E-state index contributed by atoms with van der Waals surface area (Å²) < 4.78 is 0. The molecule has 2 heterocycles. The van der Waals surface area contributed by atoms with Gasteiger partial charge in [0, 0.05) is 24.0 Å². The van der Waals surface area contributed by atoms with Gasteiger partial charge < -0.3 is 10.0 Å². The van der Waals surface area contributed by atoms with Crippen LogP contribution in [0.5, 0.6) is 0 Å². The predicted molar refractivity (Wildman–Crippen MR) is 77.9 cm³/mol. The number of aliphatic hydroxyl groups excluding tert-OH is 1. The molecule has 3 rings (SSSR count). The number of anilines is 1. The molecule has 0 unspecified atom stereocenters. The van der Waals surface area contributed by atoms with Gasteiger partial charge in [-0.25, -0.2) is 0 Å². The van der Waals surface area contributed by atoms with Crippen LogP contribution in [0.25, 0.3) is 0 Å². The Morgan fingerprint density at radius 2 is 1.95 bits per heavy atom. The van der Waals surface area contributed by atoms with Crippen molar-refractivity contribution >= 4 is 22.0 Å². The van der Waals surface area contributed by atoms with E-state index in [0.717, 1.165) is 0 Å². The minimum Gasteiger partial charge on any atom is -0.388 e. The lowest BCUT2D eigenvalue weighted by Crippen LogP contribution is -2.14. The molecular weight excluding hydrogens is 276 g/mol. The van der Waals surface area contributed by atoms with E-state index >= 15 is 0 Å². The molecular formula is C14H14N2O3S. The van der Waals surface area contributed by atoms with Gasteiger partial charge in [-0.1, -0.05) is 24.3 Å². The van der Waals surface area contributed by atoms with Crippen molar-refractivity contribution in [1.29, 1.82) is 0 Å². The van der Waals surface area contributed by atoms with E-state index in [2.05, 4.69) is 0 Å². The number of thiophene rings is 1. The van der Waals surface area contributed by atoms with E-state index in [9.17, 15) is 15.2 Å².